The van der Waals surface area contributed by atoms with Crippen LogP contribution in [0, 0.1) is 0 Å². The molecule has 0 atom stereocenters. The quantitative estimate of drug-likeness (QED) is 0.354. The summed E-state index contributed by atoms with van der Waals surface area (Å²) < 4.78 is 0. The number of rotatable bonds is 2. The molecule has 0 unspecified atom stereocenters. The molecule has 0 aliphatic heterocycles. The molecule has 38 valence electrons. The molecule has 0 aliphatic rings. The topological polar surface area (TPSA) is 20.2 Å². The number of hydrogen-bond acceptors (Lipinski definition) is 3. The molecule has 0 radical (unpaired) electrons. The summed E-state index contributed by atoms with van der Waals surface area (Å²) in [5.41, 5.74) is 0. The van der Waals surface area contributed by atoms with Crippen LogP contribution in [0.5, 0.6) is 0 Å². The minimum Gasteiger partial charge on any atom is -0.790 e. The van der Waals surface area contributed by atoms with Gasteiger partial charge in [0.15, 0.2) is 0 Å². The van der Waals surface area contributed by atoms with E-state index < -0.39 is 6.10 Å². The van der Waals surface area contributed by atoms with Crippen molar-refractivity contribution in [2.24, 2.45) is 0 Å². The second-order valence-corrected chi connectivity index (χ2v) is 1.65. The molecule has 0 bridgehead atoms. The van der Waals surface area contributed by atoms with Crippen molar-refractivity contribution in [1.29, 1.82) is 0 Å². The summed E-state index contributed by atoms with van der Waals surface area (Å²) in [4.78, 5) is 0. The number of hydrogen-bond donors (Lipinski definition) is 1. The molecule has 0 aromatic heterocycles. The van der Waals surface area contributed by atoms with Gasteiger partial charge in [0.05, 0.1) is 0 Å². The summed E-state index contributed by atoms with van der Waals surface area (Å²) >= 11 is 8.91. The van der Waals surface area contributed by atoms with Crippen molar-refractivity contribution in [3.05, 3.63) is 0 Å². The van der Waals surface area contributed by atoms with E-state index in [1.165, 1.54) is 0 Å². The number of aliphatic hydroxyl groups is 1. The largest absolute Gasteiger partial charge is 1.00 e. The molecule has 0 saturated carbocycles. The molecule has 1 nitrogen and oxygen atoms in total. The van der Waals surface area contributed by atoms with Crippen LogP contribution in [0.4, 0.5) is 0 Å². The van der Waals surface area contributed by atoms with Crippen LogP contribution < -0.4 is 103 Å². The van der Waals surface area contributed by atoms with Crippen molar-refractivity contribution in [3.63, 3.8) is 0 Å². The first-order chi connectivity index (χ1) is 2.81. The van der Waals surface area contributed by atoms with E-state index in [4.69, 9.17) is 5.11 Å². The minimum atomic E-state index is -0.435. The fraction of sp³-hybridized carbons (Fsp3) is 1.00. The van der Waals surface area contributed by atoms with Gasteiger partial charge >= 0.3 is 103 Å². The van der Waals surface area contributed by atoms with Gasteiger partial charge in [-0.25, -0.2) is 0 Å². The summed E-state index contributed by atoms with van der Waals surface area (Å²) in [5.74, 6) is 0.729. The zero-order valence-corrected chi connectivity index (χ0v) is 13.1. The summed E-state index contributed by atoms with van der Waals surface area (Å²) in [6.07, 6.45) is -0.435. The van der Waals surface area contributed by atoms with Crippen LogP contribution in [0.15, 0.2) is 0 Å². The van der Waals surface area contributed by atoms with Gasteiger partial charge in [-0.15, -0.1) is 0 Å². The standard InChI is InChI=1S/C3H8OS2.2K/c4-3(1-5)2-6;;/h3-6H,1-2H2;;/q;2*+1/p-2. The van der Waals surface area contributed by atoms with Crippen LogP contribution in [0.25, 0.3) is 0 Å². The Morgan fingerprint density at radius 1 is 1.12 bits per heavy atom. The molecule has 0 heterocycles. The smallest absolute Gasteiger partial charge is 0.790 e. The number of aliphatic hydroxyl groups excluding tert-OH is 1. The Morgan fingerprint density at radius 2 is 1.38 bits per heavy atom. The van der Waals surface area contributed by atoms with Crippen LogP contribution >= 0.6 is 0 Å². The van der Waals surface area contributed by atoms with Gasteiger partial charge < -0.3 is 30.4 Å². The van der Waals surface area contributed by atoms with Gasteiger partial charge in [0.25, 0.3) is 0 Å². The van der Waals surface area contributed by atoms with Crippen molar-refractivity contribution in [3.8, 4) is 0 Å². The van der Waals surface area contributed by atoms with Crippen LogP contribution in [0.2, 0.25) is 0 Å². The molecule has 5 heteroatoms. The minimum absolute atomic E-state index is 0. The Balaban J connectivity index is -0.000000125. The Bertz CT molecular complexity index is 34.5. The zero-order chi connectivity index (χ0) is 4.99. The molecule has 0 saturated heterocycles. The average molecular weight is 200 g/mol. The maximum atomic E-state index is 8.46. The van der Waals surface area contributed by atoms with Crippen molar-refractivity contribution in [2.45, 2.75) is 6.10 Å². The van der Waals surface area contributed by atoms with Gasteiger partial charge in [-0.05, 0) is 0 Å². The second-order valence-electron chi connectivity index (χ2n) is 0.987. The Labute approximate surface area is 146 Å². The predicted octanol–water partition coefficient (Wildman–Crippen LogP) is -6.55. The van der Waals surface area contributed by atoms with Gasteiger partial charge in [-0.1, -0.05) is 0 Å². The van der Waals surface area contributed by atoms with E-state index in [2.05, 4.69) is 25.3 Å². The zero-order valence-electron chi connectivity index (χ0n) is 5.26. The Hall–Kier alpha value is 3.93. The summed E-state index contributed by atoms with van der Waals surface area (Å²) in [5, 5.41) is 8.46. The molecule has 0 amide bonds. The molecular weight excluding hydrogens is 194 g/mol. The van der Waals surface area contributed by atoms with Gasteiger partial charge in [0.1, 0.15) is 0 Å². The molecule has 0 rings (SSSR count). The van der Waals surface area contributed by atoms with E-state index in [1.54, 1.807) is 0 Å². The maximum Gasteiger partial charge on any atom is 1.00 e. The maximum absolute atomic E-state index is 8.46. The molecule has 0 aromatic carbocycles. The van der Waals surface area contributed by atoms with E-state index in [1.807, 2.05) is 0 Å². The summed E-state index contributed by atoms with van der Waals surface area (Å²) in [6.45, 7) is 0. The first-order valence-corrected chi connectivity index (χ1v) is 2.81. The molecular formula is C3H6K2OS2. The van der Waals surface area contributed by atoms with Gasteiger partial charge in [-0.2, -0.15) is 11.5 Å². The van der Waals surface area contributed by atoms with Crippen molar-refractivity contribution in [2.75, 3.05) is 11.5 Å². The van der Waals surface area contributed by atoms with Crippen molar-refractivity contribution in [1.82, 2.24) is 0 Å². The van der Waals surface area contributed by atoms with E-state index in [9.17, 15) is 0 Å². The van der Waals surface area contributed by atoms with Crippen molar-refractivity contribution < 1.29 is 108 Å². The first kappa shape index (κ1) is 17.9. The molecule has 1 N–H and O–H groups in total. The van der Waals surface area contributed by atoms with Crippen LogP contribution in [-0.2, 0) is 25.3 Å². The summed E-state index contributed by atoms with van der Waals surface area (Å²) in [7, 11) is 0. The molecule has 0 fully saturated rings. The SMILES string of the molecule is OC(C[S-])C[S-].[K+].[K+]. The normalized spacial score (nSPS) is 7.50. The summed E-state index contributed by atoms with van der Waals surface area (Å²) in [6, 6.07) is 0. The molecule has 8 heavy (non-hydrogen) atoms. The molecule has 0 aromatic rings. The van der Waals surface area contributed by atoms with E-state index in [-0.39, 0.29) is 103 Å². The van der Waals surface area contributed by atoms with E-state index >= 15 is 0 Å². The third kappa shape index (κ3) is 12.6. The van der Waals surface area contributed by atoms with Crippen LogP contribution in [0.3, 0.4) is 0 Å². The van der Waals surface area contributed by atoms with Crippen molar-refractivity contribution >= 4 is 25.3 Å². The van der Waals surface area contributed by atoms with E-state index in [0.29, 0.717) is 11.5 Å². The fourth-order valence-corrected chi connectivity index (χ4v) is 0.433. The monoisotopic (exact) mass is 200 g/mol. The fourth-order valence-electron chi connectivity index (χ4n) is 0.0481. The molecule has 0 spiro atoms. The third-order valence-electron chi connectivity index (χ3n) is 0.385. The third-order valence-corrected chi connectivity index (χ3v) is 1.15. The Kier molecular flexibility index (Phi) is 30.2. The molecule has 0 aliphatic carbocycles. The first-order valence-electron chi connectivity index (χ1n) is 1.65. The predicted molar refractivity (Wildman–Crippen MR) is 30.5 cm³/mol. The van der Waals surface area contributed by atoms with E-state index in [0.717, 1.165) is 0 Å². The Morgan fingerprint density at radius 3 is 1.38 bits per heavy atom. The van der Waals surface area contributed by atoms with Crippen LogP contribution in [0.1, 0.15) is 0 Å². The van der Waals surface area contributed by atoms with Gasteiger partial charge in [0.2, 0.25) is 0 Å². The van der Waals surface area contributed by atoms with Gasteiger partial charge in [-0.3, -0.25) is 0 Å². The van der Waals surface area contributed by atoms with Crippen LogP contribution in [-0.4, -0.2) is 22.7 Å². The van der Waals surface area contributed by atoms with Gasteiger partial charge in [0, 0.05) is 6.10 Å². The second kappa shape index (κ2) is 13.5. The average Bonchev–Trinajstić information content (AvgIpc) is 1.65.